The summed E-state index contributed by atoms with van der Waals surface area (Å²) in [7, 11) is 0. The fourth-order valence-electron chi connectivity index (χ4n) is 3.90. The molecule has 1 atom stereocenters. The first-order valence-electron chi connectivity index (χ1n) is 9.29. The molecule has 2 aromatic heterocycles. The maximum absolute atomic E-state index is 12.9. The minimum Gasteiger partial charge on any atom is -0.356 e. The standard InChI is InChI=1S/C19H23F2N5O/c20-19(21)9-15(10-19)18(27)23-7-3-16-12-25(11-14-1-5-22-6-2-14)13-17-4-8-24-26(16)17/h1-2,4-6,8,15-16H,3,7,9-13H2,(H,23,27)/t16-/m0/s1. The smallest absolute Gasteiger partial charge is 0.249 e. The van der Waals surface area contributed by atoms with Crippen molar-refractivity contribution in [3.05, 3.63) is 48.0 Å². The molecule has 0 radical (unpaired) electrons. The van der Waals surface area contributed by atoms with Crippen molar-refractivity contribution in [2.45, 2.75) is 44.3 Å². The Balaban J connectivity index is 1.32. The van der Waals surface area contributed by atoms with Crippen molar-refractivity contribution in [3.8, 4) is 0 Å². The lowest BCUT2D eigenvalue weighted by atomic mass is 9.81. The van der Waals surface area contributed by atoms with Gasteiger partial charge in [-0.25, -0.2) is 8.78 Å². The van der Waals surface area contributed by atoms with E-state index in [2.05, 4.69) is 20.3 Å². The normalized spacial score (nSPS) is 22.1. The van der Waals surface area contributed by atoms with E-state index in [1.54, 1.807) is 18.6 Å². The lowest BCUT2D eigenvalue weighted by Crippen LogP contribution is -2.45. The van der Waals surface area contributed by atoms with E-state index in [4.69, 9.17) is 0 Å². The van der Waals surface area contributed by atoms with Crippen LogP contribution in [0.3, 0.4) is 0 Å². The average Bonchev–Trinajstić information content (AvgIpc) is 3.09. The second-order valence-corrected chi connectivity index (χ2v) is 7.49. The number of carbonyl (C=O) groups is 1. The minimum absolute atomic E-state index is 0.147. The fraction of sp³-hybridized carbons (Fsp3) is 0.526. The van der Waals surface area contributed by atoms with Gasteiger partial charge in [-0.05, 0) is 30.2 Å². The number of nitrogens with one attached hydrogen (secondary N) is 1. The van der Waals surface area contributed by atoms with Crippen molar-refractivity contribution in [2.24, 2.45) is 5.92 Å². The van der Waals surface area contributed by atoms with E-state index in [1.165, 1.54) is 5.56 Å². The van der Waals surface area contributed by atoms with Gasteiger partial charge >= 0.3 is 0 Å². The SMILES string of the molecule is O=C(NCC[C@H]1CN(Cc2ccncc2)Cc2ccnn21)C1CC(F)(F)C1. The second kappa shape index (κ2) is 7.34. The number of nitrogens with zero attached hydrogens (tertiary/aromatic N) is 4. The molecule has 1 fully saturated rings. The Hall–Kier alpha value is -2.35. The van der Waals surface area contributed by atoms with Crippen molar-refractivity contribution < 1.29 is 13.6 Å². The molecule has 6 nitrogen and oxygen atoms in total. The van der Waals surface area contributed by atoms with Gasteiger partial charge in [0.1, 0.15) is 0 Å². The first-order chi connectivity index (χ1) is 13.0. The molecule has 0 bridgehead atoms. The van der Waals surface area contributed by atoms with Crippen LogP contribution in [-0.2, 0) is 17.9 Å². The van der Waals surface area contributed by atoms with E-state index in [0.29, 0.717) is 6.54 Å². The molecule has 0 spiro atoms. The van der Waals surface area contributed by atoms with E-state index in [0.717, 1.165) is 31.7 Å². The summed E-state index contributed by atoms with van der Waals surface area (Å²) in [5.41, 5.74) is 2.35. The molecule has 1 amide bonds. The third-order valence-electron chi connectivity index (χ3n) is 5.35. The van der Waals surface area contributed by atoms with Crippen LogP contribution >= 0.6 is 0 Å². The second-order valence-electron chi connectivity index (χ2n) is 7.49. The van der Waals surface area contributed by atoms with Gasteiger partial charge in [-0.3, -0.25) is 19.4 Å². The number of aromatic nitrogens is 3. The molecule has 2 aromatic rings. The number of halogens is 2. The lowest BCUT2D eigenvalue weighted by Gasteiger charge is -2.35. The zero-order valence-electron chi connectivity index (χ0n) is 15.0. The summed E-state index contributed by atoms with van der Waals surface area (Å²) in [6, 6.07) is 6.18. The van der Waals surface area contributed by atoms with Crippen LogP contribution < -0.4 is 5.32 Å². The van der Waals surface area contributed by atoms with E-state index in [-0.39, 0.29) is 24.8 Å². The van der Waals surface area contributed by atoms with Crippen LogP contribution in [0.2, 0.25) is 0 Å². The van der Waals surface area contributed by atoms with E-state index >= 15 is 0 Å². The summed E-state index contributed by atoms with van der Waals surface area (Å²) in [5.74, 6) is -3.47. The Morgan fingerprint density at radius 3 is 2.74 bits per heavy atom. The first-order valence-corrected chi connectivity index (χ1v) is 9.29. The maximum atomic E-state index is 12.9. The van der Waals surface area contributed by atoms with Gasteiger partial charge in [-0.2, -0.15) is 5.10 Å². The van der Waals surface area contributed by atoms with Crippen LogP contribution in [0.1, 0.15) is 36.6 Å². The van der Waals surface area contributed by atoms with Gasteiger partial charge in [0.2, 0.25) is 11.8 Å². The number of amides is 1. The molecule has 2 aliphatic rings. The van der Waals surface area contributed by atoms with Crippen LogP contribution in [0.25, 0.3) is 0 Å². The molecule has 1 N–H and O–H groups in total. The van der Waals surface area contributed by atoms with Crippen molar-refractivity contribution in [2.75, 3.05) is 13.1 Å². The number of carbonyl (C=O) groups excluding carboxylic acids is 1. The van der Waals surface area contributed by atoms with Gasteiger partial charge in [0.25, 0.3) is 0 Å². The predicted octanol–water partition coefficient (Wildman–Crippen LogP) is 2.39. The Labute approximate surface area is 156 Å². The summed E-state index contributed by atoms with van der Waals surface area (Å²) in [6.45, 7) is 2.94. The van der Waals surface area contributed by atoms with Crippen molar-refractivity contribution in [3.63, 3.8) is 0 Å². The first kappa shape index (κ1) is 18.0. The molecule has 0 aromatic carbocycles. The molecular formula is C19H23F2N5O. The van der Waals surface area contributed by atoms with Crippen molar-refractivity contribution >= 4 is 5.91 Å². The van der Waals surface area contributed by atoms with Crippen molar-refractivity contribution in [1.29, 1.82) is 0 Å². The molecular weight excluding hydrogens is 352 g/mol. The summed E-state index contributed by atoms with van der Waals surface area (Å²) in [6.07, 6.45) is 5.45. The number of pyridine rings is 1. The zero-order valence-corrected chi connectivity index (χ0v) is 15.0. The summed E-state index contributed by atoms with van der Waals surface area (Å²) < 4.78 is 27.8. The number of fused-ring (bicyclic) bond motifs is 1. The number of hydrogen-bond acceptors (Lipinski definition) is 4. The molecule has 4 rings (SSSR count). The monoisotopic (exact) mass is 375 g/mol. The molecule has 1 saturated carbocycles. The molecule has 3 heterocycles. The van der Waals surface area contributed by atoms with Crippen LogP contribution in [0.4, 0.5) is 8.78 Å². The quantitative estimate of drug-likeness (QED) is 0.842. The van der Waals surface area contributed by atoms with E-state index in [9.17, 15) is 13.6 Å². The van der Waals surface area contributed by atoms with Crippen LogP contribution in [0.15, 0.2) is 36.8 Å². The lowest BCUT2D eigenvalue weighted by molar-refractivity contribution is -0.150. The highest BCUT2D eigenvalue weighted by atomic mass is 19.3. The predicted molar refractivity (Wildman–Crippen MR) is 94.9 cm³/mol. The molecule has 1 aliphatic carbocycles. The Kier molecular flexibility index (Phi) is 4.90. The highest BCUT2D eigenvalue weighted by Gasteiger charge is 2.48. The van der Waals surface area contributed by atoms with Crippen LogP contribution in [0.5, 0.6) is 0 Å². The number of rotatable bonds is 6. The Morgan fingerprint density at radius 2 is 2.00 bits per heavy atom. The van der Waals surface area contributed by atoms with E-state index in [1.807, 2.05) is 22.9 Å². The molecule has 27 heavy (non-hydrogen) atoms. The van der Waals surface area contributed by atoms with E-state index < -0.39 is 11.8 Å². The largest absolute Gasteiger partial charge is 0.356 e. The van der Waals surface area contributed by atoms with Crippen molar-refractivity contribution in [1.82, 2.24) is 25.0 Å². The summed E-state index contributed by atoms with van der Waals surface area (Å²) >= 11 is 0. The third-order valence-corrected chi connectivity index (χ3v) is 5.35. The molecule has 8 heteroatoms. The maximum Gasteiger partial charge on any atom is 0.249 e. The molecule has 144 valence electrons. The zero-order chi connectivity index (χ0) is 18.9. The number of hydrogen-bond donors (Lipinski definition) is 1. The highest BCUT2D eigenvalue weighted by Crippen LogP contribution is 2.42. The summed E-state index contributed by atoms with van der Waals surface area (Å²) in [5, 5.41) is 7.24. The van der Waals surface area contributed by atoms with Gasteiger partial charge in [0.05, 0.1) is 11.7 Å². The molecule has 0 unspecified atom stereocenters. The third kappa shape index (κ3) is 4.16. The van der Waals surface area contributed by atoms with Crippen LogP contribution in [0, 0.1) is 5.92 Å². The average molecular weight is 375 g/mol. The molecule has 1 aliphatic heterocycles. The van der Waals surface area contributed by atoms with Gasteiger partial charge < -0.3 is 5.32 Å². The highest BCUT2D eigenvalue weighted by molar-refractivity contribution is 5.79. The van der Waals surface area contributed by atoms with Gasteiger partial charge in [0, 0.05) is 63.5 Å². The Bertz CT molecular complexity index is 786. The molecule has 0 saturated heterocycles. The van der Waals surface area contributed by atoms with Crippen LogP contribution in [-0.4, -0.2) is 44.6 Å². The minimum atomic E-state index is -2.66. The fourth-order valence-corrected chi connectivity index (χ4v) is 3.90. The van der Waals surface area contributed by atoms with Gasteiger partial charge in [-0.15, -0.1) is 0 Å². The number of alkyl halides is 2. The topological polar surface area (TPSA) is 63.1 Å². The summed E-state index contributed by atoms with van der Waals surface area (Å²) in [4.78, 5) is 18.4. The van der Waals surface area contributed by atoms with Gasteiger partial charge in [-0.1, -0.05) is 0 Å². The van der Waals surface area contributed by atoms with Gasteiger partial charge in [0.15, 0.2) is 0 Å². The Morgan fingerprint density at radius 1 is 1.22 bits per heavy atom.